The van der Waals surface area contributed by atoms with Crippen LogP contribution in [-0.2, 0) is 9.47 Å². The number of likely N-dealkylation sites (N-methyl/N-ethyl adjacent to an activating group) is 1. The second kappa shape index (κ2) is 39.3. The maximum atomic E-state index is 6.23. The smallest absolute Gasteiger partial charge is 0.0934 e. The van der Waals surface area contributed by atoms with Crippen molar-refractivity contribution in [2.24, 2.45) is 0 Å². The SMILES string of the molecule is CCCCCC=CCC=CCCCCCCCCOCC(CN(C)C)OCCCCCCCCC=CCCCCCCCCC. The molecule has 0 spiro atoms. The van der Waals surface area contributed by atoms with Gasteiger partial charge in [-0.15, -0.1) is 0 Å². The predicted octanol–water partition coefficient (Wildman–Crippen LogP) is 13.2. The van der Waals surface area contributed by atoms with E-state index in [1.807, 2.05) is 0 Å². The maximum Gasteiger partial charge on any atom is 0.0934 e. The van der Waals surface area contributed by atoms with Crippen molar-refractivity contribution >= 4 is 0 Å². The molecule has 0 bridgehead atoms. The van der Waals surface area contributed by atoms with Gasteiger partial charge in [0.2, 0.25) is 0 Å². The zero-order valence-electron chi connectivity index (χ0n) is 31.2. The Labute approximate surface area is 284 Å². The Hall–Kier alpha value is -0.900. The van der Waals surface area contributed by atoms with Crippen LogP contribution in [0.5, 0.6) is 0 Å². The first-order valence-corrected chi connectivity index (χ1v) is 20.0. The molecule has 0 aliphatic rings. The van der Waals surface area contributed by atoms with Gasteiger partial charge in [0.15, 0.2) is 0 Å². The highest BCUT2D eigenvalue weighted by Crippen LogP contribution is 2.12. The van der Waals surface area contributed by atoms with Crippen molar-refractivity contribution in [3.05, 3.63) is 36.5 Å². The Morgan fingerprint density at radius 2 is 0.822 bits per heavy atom. The standard InChI is InChI=1S/C42H81NO2/c1-5-7-9-11-13-15-17-19-21-23-25-27-29-31-33-35-37-39-45-42(40-43(3)4)41-44-38-36-34-32-30-28-26-24-22-20-18-16-14-12-10-8-6-2/h14,16,20-23,42H,5-13,15,17-19,24-41H2,1-4H3. The number of rotatable bonds is 37. The molecule has 0 radical (unpaired) electrons. The minimum atomic E-state index is 0.192. The van der Waals surface area contributed by atoms with Crippen molar-refractivity contribution in [3.8, 4) is 0 Å². The van der Waals surface area contributed by atoms with Crippen LogP contribution >= 0.6 is 0 Å². The Balaban J connectivity index is 3.54. The van der Waals surface area contributed by atoms with Gasteiger partial charge in [-0.05, 0) is 84.7 Å². The van der Waals surface area contributed by atoms with Crippen molar-refractivity contribution < 1.29 is 9.47 Å². The molecule has 1 atom stereocenters. The first-order valence-electron chi connectivity index (χ1n) is 20.0. The minimum Gasteiger partial charge on any atom is -0.379 e. The molecule has 0 aliphatic heterocycles. The lowest BCUT2D eigenvalue weighted by Gasteiger charge is -2.21. The fourth-order valence-electron chi connectivity index (χ4n) is 5.74. The van der Waals surface area contributed by atoms with Crippen LogP contribution in [-0.4, -0.2) is 51.5 Å². The van der Waals surface area contributed by atoms with Crippen LogP contribution in [0.2, 0.25) is 0 Å². The molecule has 3 heteroatoms. The van der Waals surface area contributed by atoms with Crippen LogP contribution in [0.15, 0.2) is 36.5 Å². The third-order valence-electron chi connectivity index (χ3n) is 8.62. The molecule has 0 N–H and O–H groups in total. The van der Waals surface area contributed by atoms with Crippen LogP contribution < -0.4 is 0 Å². The monoisotopic (exact) mass is 632 g/mol. The predicted molar refractivity (Wildman–Crippen MR) is 203 cm³/mol. The molecular weight excluding hydrogens is 550 g/mol. The third-order valence-corrected chi connectivity index (χ3v) is 8.62. The van der Waals surface area contributed by atoms with Gasteiger partial charge in [0.25, 0.3) is 0 Å². The summed E-state index contributed by atoms with van der Waals surface area (Å²) < 4.78 is 12.3. The van der Waals surface area contributed by atoms with Gasteiger partial charge in [0.1, 0.15) is 0 Å². The van der Waals surface area contributed by atoms with Crippen molar-refractivity contribution in [2.75, 3.05) is 40.5 Å². The quantitative estimate of drug-likeness (QED) is 0.0503. The van der Waals surface area contributed by atoms with E-state index in [9.17, 15) is 0 Å². The molecule has 3 nitrogen and oxygen atoms in total. The topological polar surface area (TPSA) is 21.7 Å². The average molecular weight is 632 g/mol. The molecule has 45 heavy (non-hydrogen) atoms. The van der Waals surface area contributed by atoms with Crippen LogP contribution in [0.25, 0.3) is 0 Å². The first-order chi connectivity index (χ1) is 22.2. The van der Waals surface area contributed by atoms with Gasteiger partial charge in [-0.2, -0.15) is 0 Å². The number of unbranched alkanes of at least 4 members (excludes halogenated alkanes) is 22. The molecule has 0 rings (SSSR count). The molecule has 266 valence electrons. The largest absolute Gasteiger partial charge is 0.379 e. The molecule has 0 saturated carbocycles. The highest BCUT2D eigenvalue weighted by atomic mass is 16.5. The summed E-state index contributed by atoms with van der Waals surface area (Å²) >= 11 is 0. The Kier molecular flexibility index (Phi) is 38.5. The van der Waals surface area contributed by atoms with Gasteiger partial charge in [-0.3, -0.25) is 0 Å². The summed E-state index contributed by atoms with van der Waals surface area (Å²) in [7, 11) is 4.26. The number of hydrogen-bond acceptors (Lipinski definition) is 3. The second-order valence-electron chi connectivity index (χ2n) is 13.7. The summed E-state index contributed by atoms with van der Waals surface area (Å²) in [6, 6.07) is 0. The lowest BCUT2D eigenvalue weighted by Crippen LogP contribution is -2.32. The van der Waals surface area contributed by atoms with Crippen molar-refractivity contribution in [1.82, 2.24) is 4.90 Å². The second-order valence-corrected chi connectivity index (χ2v) is 13.7. The van der Waals surface area contributed by atoms with E-state index in [-0.39, 0.29) is 6.10 Å². The number of ether oxygens (including phenoxy) is 2. The zero-order valence-corrected chi connectivity index (χ0v) is 31.2. The summed E-state index contributed by atoms with van der Waals surface area (Å²) in [6.45, 7) is 7.97. The van der Waals surface area contributed by atoms with E-state index in [1.165, 1.54) is 167 Å². The van der Waals surface area contributed by atoms with E-state index in [2.05, 4.69) is 69.3 Å². The summed E-state index contributed by atoms with van der Waals surface area (Å²) in [4.78, 5) is 2.22. The van der Waals surface area contributed by atoms with Gasteiger partial charge < -0.3 is 14.4 Å². The molecule has 0 fully saturated rings. The van der Waals surface area contributed by atoms with E-state index < -0.39 is 0 Å². The van der Waals surface area contributed by atoms with Gasteiger partial charge >= 0.3 is 0 Å². The molecule has 0 aromatic heterocycles. The van der Waals surface area contributed by atoms with E-state index in [1.54, 1.807) is 0 Å². The molecule has 0 heterocycles. The van der Waals surface area contributed by atoms with Gasteiger partial charge in [0.05, 0.1) is 12.7 Å². The Morgan fingerprint density at radius 1 is 0.444 bits per heavy atom. The molecule has 0 saturated heterocycles. The summed E-state index contributed by atoms with van der Waals surface area (Å²) in [5.41, 5.74) is 0. The molecule has 0 amide bonds. The van der Waals surface area contributed by atoms with Crippen LogP contribution in [0.3, 0.4) is 0 Å². The van der Waals surface area contributed by atoms with Crippen LogP contribution in [0.1, 0.15) is 187 Å². The molecular formula is C42H81NO2. The molecule has 0 aromatic rings. The number of nitrogens with zero attached hydrogens (tertiary/aromatic N) is 1. The highest BCUT2D eigenvalue weighted by molar-refractivity contribution is 4.92. The number of hydrogen-bond donors (Lipinski definition) is 0. The Bertz CT molecular complexity index is 626. The van der Waals surface area contributed by atoms with Crippen molar-refractivity contribution in [2.45, 2.75) is 193 Å². The van der Waals surface area contributed by atoms with Crippen molar-refractivity contribution in [1.29, 1.82) is 0 Å². The first kappa shape index (κ1) is 44.1. The fourth-order valence-corrected chi connectivity index (χ4v) is 5.74. The van der Waals surface area contributed by atoms with Gasteiger partial charge in [-0.1, -0.05) is 153 Å². The summed E-state index contributed by atoms with van der Waals surface area (Å²) in [5.74, 6) is 0. The summed E-state index contributed by atoms with van der Waals surface area (Å²) in [5, 5.41) is 0. The normalized spacial score (nSPS) is 13.0. The number of allylic oxidation sites excluding steroid dienone is 6. The maximum absolute atomic E-state index is 6.23. The highest BCUT2D eigenvalue weighted by Gasteiger charge is 2.10. The average Bonchev–Trinajstić information content (AvgIpc) is 3.03. The fraction of sp³-hybridized carbons (Fsp3) is 0.857. The minimum absolute atomic E-state index is 0.192. The lowest BCUT2D eigenvalue weighted by atomic mass is 10.1. The van der Waals surface area contributed by atoms with E-state index in [0.717, 1.165) is 32.8 Å². The van der Waals surface area contributed by atoms with E-state index in [4.69, 9.17) is 9.47 Å². The van der Waals surface area contributed by atoms with Gasteiger partial charge in [0, 0.05) is 19.8 Å². The molecule has 0 aliphatic carbocycles. The van der Waals surface area contributed by atoms with Gasteiger partial charge in [-0.25, -0.2) is 0 Å². The van der Waals surface area contributed by atoms with Crippen LogP contribution in [0.4, 0.5) is 0 Å². The zero-order chi connectivity index (χ0) is 32.7. The lowest BCUT2D eigenvalue weighted by molar-refractivity contribution is -0.0287. The third kappa shape index (κ3) is 39.2. The molecule has 1 unspecified atom stereocenters. The van der Waals surface area contributed by atoms with E-state index in [0.29, 0.717) is 0 Å². The Morgan fingerprint density at radius 3 is 1.31 bits per heavy atom. The van der Waals surface area contributed by atoms with Crippen LogP contribution in [0, 0.1) is 0 Å². The molecule has 0 aromatic carbocycles. The summed E-state index contributed by atoms with van der Waals surface area (Å²) in [6.07, 6.45) is 50.1. The van der Waals surface area contributed by atoms with E-state index >= 15 is 0 Å². The van der Waals surface area contributed by atoms with Crippen molar-refractivity contribution in [3.63, 3.8) is 0 Å².